The van der Waals surface area contributed by atoms with E-state index in [4.69, 9.17) is 0 Å². The number of esters is 2. The standard InChI is InChI=1S/C10H12O5/c1-6(11)10(7(2)12)5-3-4-8(13)15-9(10)14/h3-5H2,1-2H3. The first kappa shape index (κ1) is 11.6. The van der Waals surface area contributed by atoms with Crippen LogP contribution in [0, 0.1) is 5.41 Å². The Labute approximate surface area is 86.8 Å². The van der Waals surface area contributed by atoms with Gasteiger partial charge in [0, 0.05) is 6.42 Å². The molecule has 0 amide bonds. The van der Waals surface area contributed by atoms with Crippen LogP contribution in [0.4, 0.5) is 0 Å². The van der Waals surface area contributed by atoms with Crippen LogP contribution in [0.5, 0.6) is 0 Å². The van der Waals surface area contributed by atoms with Crippen LogP contribution in [0.2, 0.25) is 0 Å². The average Bonchev–Trinajstić information content (AvgIpc) is 2.24. The highest BCUT2D eigenvalue weighted by Gasteiger charge is 2.51. The fourth-order valence-corrected chi connectivity index (χ4v) is 1.73. The van der Waals surface area contributed by atoms with Gasteiger partial charge in [-0.05, 0) is 26.7 Å². The SMILES string of the molecule is CC(=O)C1(C(C)=O)CCCC(=O)OC1=O. The second-order valence-electron chi connectivity index (χ2n) is 3.63. The fraction of sp³-hybridized carbons (Fsp3) is 0.600. The van der Waals surface area contributed by atoms with Crippen molar-refractivity contribution in [2.24, 2.45) is 5.41 Å². The van der Waals surface area contributed by atoms with Gasteiger partial charge < -0.3 is 4.74 Å². The van der Waals surface area contributed by atoms with Gasteiger partial charge >= 0.3 is 11.9 Å². The van der Waals surface area contributed by atoms with Crippen LogP contribution in [0.15, 0.2) is 0 Å². The monoisotopic (exact) mass is 212 g/mol. The summed E-state index contributed by atoms with van der Waals surface area (Å²) in [7, 11) is 0. The van der Waals surface area contributed by atoms with Gasteiger partial charge in [0.15, 0.2) is 17.0 Å². The van der Waals surface area contributed by atoms with E-state index in [0.29, 0.717) is 6.42 Å². The molecule has 5 nitrogen and oxygen atoms in total. The topological polar surface area (TPSA) is 77.5 Å². The summed E-state index contributed by atoms with van der Waals surface area (Å²) < 4.78 is 4.43. The van der Waals surface area contributed by atoms with Crippen LogP contribution in [-0.4, -0.2) is 23.5 Å². The van der Waals surface area contributed by atoms with Crippen LogP contribution in [0.1, 0.15) is 33.1 Å². The van der Waals surface area contributed by atoms with Crippen molar-refractivity contribution in [3.63, 3.8) is 0 Å². The fourth-order valence-electron chi connectivity index (χ4n) is 1.73. The average molecular weight is 212 g/mol. The highest BCUT2D eigenvalue weighted by molar-refractivity contribution is 6.22. The number of ether oxygens (including phenoxy) is 1. The van der Waals surface area contributed by atoms with Crippen molar-refractivity contribution in [3.8, 4) is 0 Å². The normalized spacial score (nSPS) is 20.4. The van der Waals surface area contributed by atoms with Gasteiger partial charge in [0.1, 0.15) is 0 Å². The van der Waals surface area contributed by atoms with E-state index >= 15 is 0 Å². The minimum Gasteiger partial charge on any atom is -0.392 e. The second kappa shape index (κ2) is 3.92. The highest BCUT2D eigenvalue weighted by Crippen LogP contribution is 2.31. The number of ketones is 2. The highest BCUT2D eigenvalue weighted by atomic mass is 16.6. The van der Waals surface area contributed by atoms with Crippen molar-refractivity contribution < 1.29 is 23.9 Å². The molecule has 15 heavy (non-hydrogen) atoms. The number of carbonyl (C=O) groups is 4. The Kier molecular flexibility index (Phi) is 3.02. The third-order valence-electron chi connectivity index (χ3n) is 2.69. The summed E-state index contributed by atoms with van der Waals surface area (Å²) in [6, 6.07) is 0. The van der Waals surface area contributed by atoms with Crippen molar-refractivity contribution >= 4 is 23.5 Å². The smallest absolute Gasteiger partial charge is 0.334 e. The number of carbonyl (C=O) groups excluding carboxylic acids is 4. The lowest BCUT2D eigenvalue weighted by molar-refractivity contribution is -0.168. The summed E-state index contributed by atoms with van der Waals surface area (Å²) in [4.78, 5) is 45.3. The molecule has 1 saturated heterocycles. The first-order valence-electron chi connectivity index (χ1n) is 4.68. The second-order valence-corrected chi connectivity index (χ2v) is 3.63. The molecule has 0 N–H and O–H groups in total. The molecule has 1 rings (SSSR count). The molecule has 1 aliphatic heterocycles. The van der Waals surface area contributed by atoms with E-state index in [-0.39, 0.29) is 12.8 Å². The number of Topliss-reactive ketones (excluding diaryl/α,β-unsaturated/α-hetero) is 2. The molecule has 1 heterocycles. The zero-order chi connectivity index (χ0) is 11.6. The van der Waals surface area contributed by atoms with Crippen molar-refractivity contribution in [3.05, 3.63) is 0 Å². The summed E-state index contributed by atoms with van der Waals surface area (Å²) >= 11 is 0. The van der Waals surface area contributed by atoms with E-state index in [9.17, 15) is 19.2 Å². The van der Waals surface area contributed by atoms with Gasteiger partial charge in [0.2, 0.25) is 0 Å². The number of hydrogen-bond acceptors (Lipinski definition) is 5. The van der Waals surface area contributed by atoms with Crippen LogP contribution in [-0.2, 0) is 23.9 Å². The van der Waals surface area contributed by atoms with Crippen molar-refractivity contribution in [1.29, 1.82) is 0 Å². The van der Waals surface area contributed by atoms with E-state index in [2.05, 4.69) is 4.74 Å². The van der Waals surface area contributed by atoms with Gasteiger partial charge in [0.25, 0.3) is 0 Å². The largest absolute Gasteiger partial charge is 0.392 e. The predicted octanol–water partition coefficient (Wildman–Crippen LogP) is 0.405. The van der Waals surface area contributed by atoms with Crippen molar-refractivity contribution in [2.75, 3.05) is 0 Å². The molecule has 0 bridgehead atoms. The lowest BCUT2D eigenvalue weighted by atomic mass is 9.76. The zero-order valence-corrected chi connectivity index (χ0v) is 8.66. The first-order chi connectivity index (χ1) is 6.91. The molecule has 0 aromatic rings. The van der Waals surface area contributed by atoms with Crippen LogP contribution in [0.25, 0.3) is 0 Å². The molecule has 0 unspecified atom stereocenters. The Morgan fingerprint density at radius 2 is 1.73 bits per heavy atom. The predicted molar refractivity (Wildman–Crippen MR) is 48.7 cm³/mol. The lowest BCUT2D eigenvalue weighted by Gasteiger charge is -2.22. The van der Waals surface area contributed by atoms with E-state index in [1.165, 1.54) is 13.8 Å². The Morgan fingerprint density at radius 3 is 2.20 bits per heavy atom. The maximum Gasteiger partial charge on any atom is 0.334 e. The van der Waals surface area contributed by atoms with Gasteiger partial charge in [-0.3, -0.25) is 14.4 Å². The number of rotatable bonds is 2. The molecule has 1 aliphatic rings. The molecule has 5 heteroatoms. The van der Waals surface area contributed by atoms with Crippen molar-refractivity contribution in [1.82, 2.24) is 0 Å². The first-order valence-corrected chi connectivity index (χ1v) is 4.68. The molecular formula is C10H12O5. The van der Waals surface area contributed by atoms with Crippen molar-refractivity contribution in [2.45, 2.75) is 33.1 Å². The third-order valence-corrected chi connectivity index (χ3v) is 2.69. The Morgan fingerprint density at radius 1 is 1.20 bits per heavy atom. The van der Waals surface area contributed by atoms with Crippen LogP contribution >= 0.6 is 0 Å². The minimum absolute atomic E-state index is 0.0578. The maximum absolute atomic E-state index is 11.5. The number of hydrogen-bond donors (Lipinski definition) is 0. The molecule has 0 aliphatic carbocycles. The van der Waals surface area contributed by atoms with E-state index in [1.807, 2.05) is 0 Å². The van der Waals surface area contributed by atoms with E-state index in [1.54, 1.807) is 0 Å². The van der Waals surface area contributed by atoms with Gasteiger partial charge in [-0.25, -0.2) is 4.79 Å². The summed E-state index contributed by atoms with van der Waals surface area (Å²) in [5.74, 6) is -2.82. The molecule has 0 atom stereocenters. The molecule has 82 valence electrons. The molecule has 0 aromatic carbocycles. The molecule has 0 saturated carbocycles. The Hall–Kier alpha value is -1.52. The lowest BCUT2D eigenvalue weighted by Crippen LogP contribution is -2.44. The van der Waals surface area contributed by atoms with E-state index in [0.717, 1.165) is 0 Å². The van der Waals surface area contributed by atoms with Crippen LogP contribution < -0.4 is 0 Å². The van der Waals surface area contributed by atoms with Gasteiger partial charge in [-0.15, -0.1) is 0 Å². The van der Waals surface area contributed by atoms with Gasteiger partial charge in [0.05, 0.1) is 0 Å². The summed E-state index contributed by atoms with van der Waals surface area (Å²) in [5.41, 5.74) is -1.76. The Bertz CT molecular complexity index is 328. The van der Waals surface area contributed by atoms with E-state index < -0.39 is 28.9 Å². The third kappa shape index (κ3) is 1.82. The molecular weight excluding hydrogens is 200 g/mol. The summed E-state index contributed by atoms with van der Waals surface area (Å²) in [5, 5.41) is 0. The minimum atomic E-state index is -1.76. The molecule has 0 radical (unpaired) electrons. The molecule has 1 fully saturated rings. The van der Waals surface area contributed by atoms with Gasteiger partial charge in [-0.1, -0.05) is 0 Å². The number of cyclic esters (lactones) is 2. The zero-order valence-electron chi connectivity index (χ0n) is 8.66. The molecule has 0 spiro atoms. The van der Waals surface area contributed by atoms with Crippen LogP contribution in [0.3, 0.4) is 0 Å². The summed E-state index contributed by atoms with van der Waals surface area (Å²) in [6.07, 6.45) is 0.431. The maximum atomic E-state index is 11.5. The van der Waals surface area contributed by atoms with Gasteiger partial charge in [-0.2, -0.15) is 0 Å². The summed E-state index contributed by atoms with van der Waals surface area (Å²) in [6.45, 7) is 2.33. The quantitative estimate of drug-likeness (QED) is 0.489. The Balaban J connectivity index is 3.16. The molecule has 0 aromatic heterocycles.